The van der Waals surface area contributed by atoms with Crippen LogP contribution in [0.1, 0.15) is 42.1 Å². The summed E-state index contributed by atoms with van der Waals surface area (Å²) < 4.78 is 2.22. The molecule has 124 valence electrons. The van der Waals surface area contributed by atoms with Gasteiger partial charge in [0.2, 0.25) is 0 Å². The molecule has 2 saturated heterocycles. The molecule has 1 unspecified atom stereocenters. The van der Waals surface area contributed by atoms with E-state index in [0.29, 0.717) is 23.7 Å². The molecule has 3 atom stereocenters. The van der Waals surface area contributed by atoms with Crippen LogP contribution in [-0.4, -0.2) is 44.6 Å². The van der Waals surface area contributed by atoms with Crippen LogP contribution in [0.25, 0.3) is 10.9 Å². The Hall–Kier alpha value is -1.08. The first-order chi connectivity index (χ1) is 11.1. The van der Waals surface area contributed by atoms with E-state index in [1.54, 1.807) is 0 Å². The van der Waals surface area contributed by atoms with Crippen LogP contribution >= 0.6 is 22.6 Å². The van der Waals surface area contributed by atoms with Crippen molar-refractivity contribution < 1.29 is 9.90 Å². The zero-order chi connectivity index (χ0) is 16.6. The average Bonchev–Trinajstić information content (AvgIpc) is 3.03. The van der Waals surface area contributed by atoms with Gasteiger partial charge < -0.3 is 14.6 Å². The van der Waals surface area contributed by atoms with E-state index < -0.39 is 5.97 Å². The summed E-state index contributed by atoms with van der Waals surface area (Å²) in [4.78, 5) is 16.0. The van der Waals surface area contributed by atoms with Gasteiger partial charge in [-0.15, -0.1) is 0 Å². The maximum atomic E-state index is 11.5. The smallest absolute Gasteiger partial charge is 0.337 e. The number of nitrogens with zero attached hydrogens (tertiary/aromatic N) is 2. The summed E-state index contributed by atoms with van der Waals surface area (Å²) >= 11 is 2.15. The highest BCUT2D eigenvalue weighted by Crippen LogP contribution is 2.41. The van der Waals surface area contributed by atoms with E-state index in [9.17, 15) is 9.90 Å². The summed E-state index contributed by atoms with van der Waals surface area (Å²) in [5.41, 5.74) is 1.49. The highest BCUT2D eigenvalue weighted by molar-refractivity contribution is 14.1. The lowest BCUT2D eigenvalue weighted by atomic mass is 9.97. The molecule has 1 N–H and O–H groups in total. The molecular weight excluding hydrogens is 403 g/mol. The number of halogens is 1. The monoisotopic (exact) mass is 426 g/mol. The molecule has 2 aliphatic heterocycles. The molecule has 3 heterocycles. The first kappa shape index (κ1) is 16.8. The van der Waals surface area contributed by atoms with Crippen LogP contribution in [0.3, 0.4) is 0 Å². The van der Waals surface area contributed by atoms with Crippen molar-refractivity contribution in [2.45, 2.75) is 43.8 Å². The lowest BCUT2D eigenvalue weighted by molar-refractivity contribution is 0.0698. The Morgan fingerprint density at radius 1 is 1.13 bits per heavy atom. The largest absolute Gasteiger partial charge is 0.478 e. The second-order valence-corrected chi connectivity index (χ2v) is 6.45. The molecule has 2 aromatic rings. The maximum absolute atomic E-state index is 11.5. The Morgan fingerprint density at radius 2 is 1.74 bits per heavy atom. The fourth-order valence-electron chi connectivity index (χ4n) is 4.29. The zero-order valence-electron chi connectivity index (χ0n) is 13.6. The van der Waals surface area contributed by atoms with Crippen LogP contribution in [-0.2, 0) is 0 Å². The van der Waals surface area contributed by atoms with E-state index in [2.05, 4.69) is 39.1 Å². The van der Waals surface area contributed by atoms with Gasteiger partial charge in [0.15, 0.2) is 0 Å². The van der Waals surface area contributed by atoms with Crippen LogP contribution in [0, 0.1) is 0 Å². The molecule has 0 radical (unpaired) electrons. The van der Waals surface area contributed by atoms with Crippen molar-refractivity contribution in [2.75, 3.05) is 12.0 Å². The molecule has 5 heteroatoms. The molecule has 23 heavy (non-hydrogen) atoms. The summed E-state index contributed by atoms with van der Waals surface area (Å²) in [6.45, 7) is 0. The topological polar surface area (TPSA) is 45.5 Å². The van der Waals surface area contributed by atoms with E-state index in [-0.39, 0.29) is 0 Å². The first-order valence-electron chi connectivity index (χ1n) is 8.07. The number of aromatic nitrogens is 1. The highest BCUT2D eigenvalue weighted by atomic mass is 127. The molecule has 0 saturated carbocycles. The van der Waals surface area contributed by atoms with Gasteiger partial charge in [-0.05, 0) is 43.7 Å². The van der Waals surface area contributed by atoms with Crippen molar-refractivity contribution in [3.05, 3.63) is 36.0 Å². The molecule has 2 bridgehead atoms. The molecule has 2 aliphatic rings. The summed E-state index contributed by atoms with van der Waals surface area (Å²) in [5, 5.41) is 10.3. The van der Waals surface area contributed by atoms with Gasteiger partial charge in [-0.25, -0.2) is 4.79 Å². The second-order valence-electron chi connectivity index (χ2n) is 6.45. The lowest BCUT2D eigenvalue weighted by Crippen LogP contribution is -2.40. The van der Waals surface area contributed by atoms with Gasteiger partial charge in [0.1, 0.15) is 0 Å². The van der Waals surface area contributed by atoms with Crippen LogP contribution < -0.4 is 0 Å². The van der Waals surface area contributed by atoms with Gasteiger partial charge in [0.05, 0.1) is 5.56 Å². The number of hydrogen-bond acceptors (Lipinski definition) is 2. The third kappa shape index (κ3) is 2.89. The Kier molecular flexibility index (Phi) is 4.96. The molecular formula is C18H23IN2O2. The van der Waals surface area contributed by atoms with Gasteiger partial charge >= 0.3 is 5.97 Å². The first-order valence-corrected chi connectivity index (χ1v) is 10.2. The molecule has 4 nitrogen and oxygen atoms in total. The van der Waals surface area contributed by atoms with Crippen LogP contribution in [0.15, 0.2) is 30.5 Å². The van der Waals surface area contributed by atoms with E-state index in [4.69, 9.17) is 0 Å². The summed E-state index contributed by atoms with van der Waals surface area (Å²) in [7, 11) is 2.23. The van der Waals surface area contributed by atoms with Gasteiger partial charge in [-0.2, -0.15) is 0 Å². The van der Waals surface area contributed by atoms with Gasteiger partial charge in [-0.1, -0.05) is 40.8 Å². The molecule has 0 spiro atoms. The van der Waals surface area contributed by atoms with Crippen LogP contribution in [0.2, 0.25) is 0 Å². The third-order valence-corrected chi connectivity index (χ3v) is 5.44. The van der Waals surface area contributed by atoms with E-state index in [0.717, 1.165) is 23.7 Å². The number of carbonyl (C=O) groups is 1. The zero-order valence-corrected chi connectivity index (χ0v) is 15.7. The van der Waals surface area contributed by atoms with Crippen molar-refractivity contribution in [3.8, 4) is 0 Å². The summed E-state index contributed by atoms with van der Waals surface area (Å²) in [6, 6.07) is 9.61. The van der Waals surface area contributed by atoms with Crippen molar-refractivity contribution >= 4 is 39.5 Å². The van der Waals surface area contributed by atoms with Crippen molar-refractivity contribution in [3.63, 3.8) is 0 Å². The number of aromatic carboxylic acids is 1. The standard InChI is InChI=1S/C17H20N2O2.CH3I/c1-18-11-6-7-12(18)9-13(8-11)19-10-15(17(20)21)14-4-2-3-5-16(14)19;1-2/h2-5,10-13H,6-9H2,1H3,(H,20,21);1H3/t11-,12+,13?;. The Labute approximate surface area is 150 Å². The van der Waals surface area contributed by atoms with Crippen molar-refractivity contribution in [1.29, 1.82) is 0 Å². The average molecular weight is 426 g/mol. The van der Waals surface area contributed by atoms with Gasteiger partial charge in [-0.3, -0.25) is 0 Å². The quantitative estimate of drug-likeness (QED) is 0.579. The Bertz CT molecular complexity index is 698. The molecule has 1 aromatic carbocycles. The molecule has 0 amide bonds. The third-order valence-electron chi connectivity index (χ3n) is 5.44. The van der Waals surface area contributed by atoms with Crippen molar-refractivity contribution in [1.82, 2.24) is 9.47 Å². The predicted octanol–water partition coefficient (Wildman–Crippen LogP) is 4.19. The highest BCUT2D eigenvalue weighted by Gasteiger charge is 2.39. The van der Waals surface area contributed by atoms with Gasteiger partial charge in [0, 0.05) is 35.2 Å². The van der Waals surface area contributed by atoms with Crippen molar-refractivity contribution in [2.24, 2.45) is 0 Å². The number of fused-ring (bicyclic) bond motifs is 3. The van der Waals surface area contributed by atoms with Crippen LogP contribution in [0.5, 0.6) is 0 Å². The minimum Gasteiger partial charge on any atom is -0.478 e. The molecule has 1 aromatic heterocycles. The number of benzene rings is 1. The number of piperidine rings is 1. The SMILES string of the molecule is CI.CN1[C@@H]2CC[C@H]1CC(n1cc(C(=O)O)c3ccccc31)C2. The number of rotatable bonds is 2. The summed E-state index contributed by atoms with van der Waals surface area (Å²) in [6.07, 6.45) is 6.67. The number of hydrogen-bond donors (Lipinski definition) is 1. The molecule has 2 fully saturated rings. The molecule has 4 rings (SSSR count). The van der Waals surface area contributed by atoms with Gasteiger partial charge in [0.25, 0.3) is 0 Å². The number of carboxylic acid groups (broad SMARTS) is 1. The molecule has 0 aliphatic carbocycles. The van der Waals surface area contributed by atoms with E-state index in [1.165, 1.54) is 12.8 Å². The maximum Gasteiger partial charge on any atom is 0.337 e. The Balaban J connectivity index is 0.000000753. The minimum atomic E-state index is -0.833. The number of alkyl halides is 1. The Morgan fingerprint density at radius 3 is 2.35 bits per heavy atom. The van der Waals surface area contributed by atoms with E-state index >= 15 is 0 Å². The fraction of sp³-hybridized carbons (Fsp3) is 0.500. The normalized spacial score (nSPS) is 26.8. The number of para-hydroxylation sites is 1. The fourth-order valence-corrected chi connectivity index (χ4v) is 4.29. The summed E-state index contributed by atoms with van der Waals surface area (Å²) in [5.74, 6) is -0.833. The predicted molar refractivity (Wildman–Crippen MR) is 102 cm³/mol. The number of carboxylic acids is 1. The van der Waals surface area contributed by atoms with E-state index in [1.807, 2.05) is 35.4 Å². The minimum absolute atomic E-state index is 0.428. The van der Waals surface area contributed by atoms with Crippen LogP contribution in [0.4, 0.5) is 0 Å². The second kappa shape index (κ2) is 6.81. The lowest BCUT2D eigenvalue weighted by Gasteiger charge is -2.37.